The summed E-state index contributed by atoms with van der Waals surface area (Å²) in [5.74, 6) is 1.88. The molecule has 4 aliphatic rings. The number of aromatic nitrogens is 2. The molecule has 2 saturated heterocycles. The summed E-state index contributed by atoms with van der Waals surface area (Å²) >= 11 is 0. The molecule has 0 aromatic carbocycles. The fraction of sp³-hybridized carbons (Fsp3) is 0.773. The molecule has 1 aromatic heterocycles. The van der Waals surface area contributed by atoms with Gasteiger partial charge in [0.05, 0.1) is 12.3 Å². The first-order valence-electron chi connectivity index (χ1n) is 11.6. The molecule has 2 aliphatic heterocycles. The van der Waals surface area contributed by atoms with E-state index < -0.39 is 0 Å². The van der Waals surface area contributed by atoms with Gasteiger partial charge >= 0.3 is 0 Å². The minimum absolute atomic E-state index is 0.0427. The van der Waals surface area contributed by atoms with Gasteiger partial charge < -0.3 is 9.64 Å². The number of amides is 1. The molecule has 2 N–H and O–H groups in total. The molecule has 1 aromatic rings. The summed E-state index contributed by atoms with van der Waals surface area (Å²) in [4.78, 5) is 15.1. The fourth-order valence-electron chi connectivity index (χ4n) is 5.55. The van der Waals surface area contributed by atoms with Crippen LogP contribution in [0.4, 0.5) is 0 Å². The van der Waals surface area contributed by atoms with Crippen LogP contribution in [0.1, 0.15) is 62.6 Å². The third kappa shape index (κ3) is 4.12. The maximum atomic E-state index is 13.1. The molecule has 7 heteroatoms. The van der Waals surface area contributed by atoms with Crippen molar-refractivity contribution in [1.29, 1.82) is 0 Å². The molecule has 2 aliphatic carbocycles. The van der Waals surface area contributed by atoms with E-state index in [1.165, 1.54) is 37.7 Å². The van der Waals surface area contributed by atoms with Crippen LogP contribution in [0, 0.1) is 11.8 Å². The Hall–Kier alpha value is -1.73. The first-order chi connectivity index (χ1) is 14.3. The Labute approximate surface area is 172 Å². The summed E-state index contributed by atoms with van der Waals surface area (Å²) in [5, 5.41) is 8.61. The number of fused-ring (bicyclic) bond motifs is 2. The van der Waals surface area contributed by atoms with Crippen LogP contribution < -0.4 is 15.6 Å². The maximum absolute atomic E-state index is 13.1. The topological polar surface area (TPSA) is 79.4 Å². The highest BCUT2D eigenvalue weighted by Gasteiger charge is 2.42. The number of hydrogen-bond acceptors (Lipinski definition) is 6. The highest BCUT2D eigenvalue weighted by Crippen LogP contribution is 2.31. The van der Waals surface area contributed by atoms with Crippen molar-refractivity contribution >= 4 is 5.91 Å². The van der Waals surface area contributed by atoms with Gasteiger partial charge in [0.1, 0.15) is 6.04 Å². The lowest BCUT2D eigenvalue weighted by molar-refractivity contribution is -0.135. The number of piperidine rings is 1. The Morgan fingerprint density at radius 1 is 1.03 bits per heavy atom. The smallest absolute Gasteiger partial charge is 0.241 e. The zero-order chi connectivity index (χ0) is 19.6. The van der Waals surface area contributed by atoms with E-state index >= 15 is 0 Å². The lowest BCUT2D eigenvalue weighted by Crippen LogP contribution is -2.50. The van der Waals surface area contributed by atoms with Crippen molar-refractivity contribution in [3.05, 3.63) is 17.3 Å². The van der Waals surface area contributed by atoms with Gasteiger partial charge in [-0.25, -0.2) is 5.43 Å². The first kappa shape index (κ1) is 19.2. The Kier molecular flexibility index (Phi) is 5.68. The summed E-state index contributed by atoms with van der Waals surface area (Å²) < 4.78 is 5.98. The molecular weight excluding hydrogens is 366 g/mol. The Balaban J connectivity index is 1.10. The number of ether oxygens (including phenoxy) is 1. The van der Waals surface area contributed by atoms with E-state index in [9.17, 15) is 4.79 Å². The number of carbonyl (C=O) groups excluding carboxylic acids is 1. The molecule has 3 fully saturated rings. The molecule has 5 rings (SSSR count). The van der Waals surface area contributed by atoms with Crippen LogP contribution in [0.3, 0.4) is 0 Å². The van der Waals surface area contributed by atoms with E-state index in [-0.39, 0.29) is 11.9 Å². The number of aryl methyl sites for hydroxylation is 2. The highest BCUT2D eigenvalue weighted by atomic mass is 16.5. The molecule has 0 radical (unpaired) electrons. The molecular formula is C22H33N5O2. The zero-order valence-corrected chi connectivity index (χ0v) is 17.2. The normalized spacial score (nSPS) is 29.9. The summed E-state index contributed by atoms with van der Waals surface area (Å²) in [5.41, 5.74) is 9.11. The summed E-state index contributed by atoms with van der Waals surface area (Å²) in [7, 11) is 0. The average molecular weight is 400 g/mol. The first-order valence-corrected chi connectivity index (χ1v) is 11.6. The van der Waals surface area contributed by atoms with Gasteiger partial charge in [-0.2, -0.15) is 5.10 Å². The second-order valence-corrected chi connectivity index (χ2v) is 9.26. The molecule has 3 heterocycles. The van der Waals surface area contributed by atoms with Crippen LogP contribution in [-0.2, 0) is 17.6 Å². The van der Waals surface area contributed by atoms with Crippen molar-refractivity contribution in [2.24, 2.45) is 11.8 Å². The van der Waals surface area contributed by atoms with Crippen LogP contribution in [0.15, 0.2) is 6.07 Å². The Morgan fingerprint density at radius 3 is 2.76 bits per heavy atom. The molecule has 29 heavy (non-hydrogen) atoms. The van der Waals surface area contributed by atoms with Crippen molar-refractivity contribution in [2.75, 3.05) is 19.7 Å². The molecule has 0 spiro atoms. The molecule has 3 unspecified atom stereocenters. The summed E-state index contributed by atoms with van der Waals surface area (Å²) in [6, 6.07) is 2.51. The van der Waals surface area contributed by atoms with Gasteiger partial charge in [-0.1, -0.05) is 12.8 Å². The second kappa shape index (κ2) is 8.56. The number of rotatable bonds is 4. The largest absolute Gasteiger partial charge is 0.476 e. The van der Waals surface area contributed by atoms with Crippen LogP contribution in [-0.4, -0.2) is 52.8 Å². The van der Waals surface area contributed by atoms with Gasteiger partial charge in [0, 0.05) is 31.1 Å². The summed E-state index contributed by atoms with van der Waals surface area (Å²) in [6.45, 7) is 2.33. The van der Waals surface area contributed by atoms with E-state index in [1.54, 1.807) is 0 Å². The van der Waals surface area contributed by atoms with Crippen molar-refractivity contribution < 1.29 is 9.53 Å². The van der Waals surface area contributed by atoms with Crippen LogP contribution in [0.2, 0.25) is 0 Å². The predicted octanol–water partition coefficient (Wildman–Crippen LogP) is 2.01. The Morgan fingerprint density at radius 2 is 1.86 bits per heavy atom. The lowest BCUT2D eigenvalue weighted by Gasteiger charge is -2.35. The standard InChI is InChI=1S/C22H33N5O2/c28-22(21-17-6-2-4-8-19(17)24-26-21)27-11-9-15(10-12-27)14-29-20-13-16-5-1-3-7-18(16)23-25-20/h13,15,17,19,21,24,26H,1-12,14H2. The summed E-state index contributed by atoms with van der Waals surface area (Å²) in [6.07, 6.45) is 11.5. The Bertz CT molecular complexity index is 734. The van der Waals surface area contributed by atoms with Gasteiger partial charge in [0.15, 0.2) is 0 Å². The second-order valence-electron chi connectivity index (χ2n) is 9.26. The van der Waals surface area contributed by atoms with E-state index in [4.69, 9.17) is 4.74 Å². The van der Waals surface area contributed by atoms with Crippen LogP contribution in [0.25, 0.3) is 0 Å². The molecule has 0 bridgehead atoms. The molecule has 1 amide bonds. The SMILES string of the molecule is O=C(C1NNC2CCCCC21)N1CCC(COc2cc3c(nn2)CCCC3)CC1. The quantitative estimate of drug-likeness (QED) is 0.806. The number of hydrogen-bond donors (Lipinski definition) is 2. The minimum Gasteiger partial charge on any atom is -0.476 e. The number of nitrogens with zero attached hydrogens (tertiary/aromatic N) is 3. The monoisotopic (exact) mass is 399 g/mol. The number of hydrazine groups is 1. The minimum atomic E-state index is -0.0427. The van der Waals surface area contributed by atoms with E-state index in [1.807, 2.05) is 0 Å². The van der Waals surface area contributed by atoms with Crippen molar-refractivity contribution in [3.8, 4) is 5.88 Å². The third-order valence-corrected chi connectivity index (χ3v) is 7.38. The van der Waals surface area contributed by atoms with Crippen LogP contribution in [0.5, 0.6) is 5.88 Å². The van der Waals surface area contributed by atoms with Crippen molar-refractivity contribution in [2.45, 2.75) is 76.3 Å². The molecule has 3 atom stereocenters. The van der Waals surface area contributed by atoms with Gasteiger partial charge in [0.2, 0.25) is 11.8 Å². The zero-order valence-electron chi connectivity index (χ0n) is 17.2. The number of likely N-dealkylation sites (tertiary alicyclic amines) is 1. The van der Waals surface area contributed by atoms with Crippen molar-refractivity contribution in [3.63, 3.8) is 0 Å². The molecule has 158 valence electrons. The van der Waals surface area contributed by atoms with Gasteiger partial charge in [-0.05, 0) is 62.8 Å². The highest BCUT2D eigenvalue weighted by molar-refractivity contribution is 5.82. The molecule has 1 saturated carbocycles. The number of nitrogens with one attached hydrogen (secondary N) is 2. The van der Waals surface area contributed by atoms with Gasteiger partial charge in [-0.3, -0.25) is 10.2 Å². The van der Waals surface area contributed by atoms with Gasteiger partial charge in [-0.15, -0.1) is 5.10 Å². The average Bonchev–Trinajstić information content (AvgIpc) is 3.21. The molecule has 7 nitrogen and oxygen atoms in total. The third-order valence-electron chi connectivity index (χ3n) is 7.38. The maximum Gasteiger partial charge on any atom is 0.241 e. The van der Waals surface area contributed by atoms with Gasteiger partial charge in [0.25, 0.3) is 0 Å². The van der Waals surface area contributed by atoms with E-state index in [2.05, 4.69) is 32.0 Å². The van der Waals surface area contributed by atoms with Crippen LogP contribution >= 0.6 is 0 Å². The van der Waals surface area contributed by atoms with Crippen molar-refractivity contribution in [1.82, 2.24) is 25.9 Å². The number of carbonyl (C=O) groups is 1. The van der Waals surface area contributed by atoms with E-state index in [0.29, 0.717) is 30.4 Å². The lowest BCUT2D eigenvalue weighted by atomic mass is 9.81. The van der Waals surface area contributed by atoms with E-state index in [0.717, 1.165) is 50.9 Å². The predicted molar refractivity (Wildman–Crippen MR) is 109 cm³/mol. The fourth-order valence-corrected chi connectivity index (χ4v) is 5.55.